The molecule has 3 N–H and O–H groups in total. The van der Waals surface area contributed by atoms with Crippen LogP contribution in [0.15, 0.2) is 54.6 Å². The molecule has 0 radical (unpaired) electrons. The Morgan fingerprint density at radius 3 is 2.24 bits per heavy atom. The molecule has 2 aromatic carbocycles. The molecule has 2 rings (SSSR count). The molecule has 5 heteroatoms. The minimum atomic E-state index is -0.820. The standard InChI is InChI=1S/C16H16N2O3/c1-11(12-7-3-2-4-8-12)17-15(20)16(21)18-13-9-5-6-10-14(13)19/h2-11,19H,1H3,(H,17,20)(H,18,21). The second kappa shape index (κ2) is 6.56. The van der Waals surface area contributed by atoms with Gasteiger partial charge in [0.05, 0.1) is 11.7 Å². The first-order chi connectivity index (χ1) is 10.1. The van der Waals surface area contributed by atoms with Gasteiger partial charge in [-0.1, -0.05) is 42.5 Å². The fraction of sp³-hybridized carbons (Fsp3) is 0.125. The van der Waals surface area contributed by atoms with E-state index in [1.165, 1.54) is 12.1 Å². The van der Waals surface area contributed by atoms with Crippen LogP contribution in [-0.2, 0) is 9.59 Å². The zero-order valence-electron chi connectivity index (χ0n) is 11.5. The van der Waals surface area contributed by atoms with E-state index in [1.54, 1.807) is 19.1 Å². The molecule has 0 saturated carbocycles. The SMILES string of the molecule is CC(NC(=O)C(=O)Nc1ccccc1O)c1ccccc1. The van der Waals surface area contributed by atoms with E-state index in [0.29, 0.717) is 0 Å². The molecule has 2 amide bonds. The molecule has 0 heterocycles. The van der Waals surface area contributed by atoms with Gasteiger partial charge in [0.25, 0.3) is 0 Å². The van der Waals surface area contributed by atoms with E-state index in [1.807, 2.05) is 30.3 Å². The summed E-state index contributed by atoms with van der Waals surface area (Å²) in [5, 5.41) is 14.5. The Kier molecular flexibility index (Phi) is 4.56. The van der Waals surface area contributed by atoms with Crippen molar-refractivity contribution in [1.82, 2.24) is 5.32 Å². The van der Waals surface area contributed by atoms with Gasteiger partial charge in [-0.05, 0) is 24.6 Å². The molecule has 0 aliphatic carbocycles. The number of rotatable bonds is 3. The molecule has 0 spiro atoms. The van der Waals surface area contributed by atoms with Crippen molar-refractivity contribution < 1.29 is 14.7 Å². The normalized spacial score (nSPS) is 11.5. The van der Waals surface area contributed by atoms with Gasteiger partial charge in [0.2, 0.25) is 0 Å². The summed E-state index contributed by atoms with van der Waals surface area (Å²) >= 11 is 0. The Hall–Kier alpha value is -2.82. The van der Waals surface area contributed by atoms with Crippen LogP contribution < -0.4 is 10.6 Å². The van der Waals surface area contributed by atoms with E-state index < -0.39 is 11.8 Å². The Morgan fingerprint density at radius 2 is 1.57 bits per heavy atom. The topological polar surface area (TPSA) is 78.4 Å². The van der Waals surface area contributed by atoms with Crippen LogP contribution in [0.4, 0.5) is 5.69 Å². The predicted octanol–water partition coefficient (Wildman–Crippen LogP) is 2.21. The molecular weight excluding hydrogens is 268 g/mol. The number of anilines is 1. The van der Waals surface area contributed by atoms with Gasteiger partial charge in [0.1, 0.15) is 5.75 Å². The maximum absolute atomic E-state index is 11.8. The molecule has 0 saturated heterocycles. The zero-order valence-corrected chi connectivity index (χ0v) is 11.5. The smallest absolute Gasteiger partial charge is 0.313 e. The van der Waals surface area contributed by atoms with Crippen molar-refractivity contribution >= 4 is 17.5 Å². The third-order valence-electron chi connectivity index (χ3n) is 3.01. The number of hydrogen-bond donors (Lipinski definition) is 3. The number of benzene rings is 2. The lowest BCUT2D eigenvalue weighted by Gasteiger charge is -2.14. The molecule has 0 aromatic heterocycles. The van der Waals surface area contributed by atoms with Gasteiger partial charge >= 0.3 is 11.8 Å². The minimum absolute atomic E-state index is 0.0882. The lowest BCUT2D eigenvalue weighted by atomic mass is 10.1. The molecule has 0 aliphatic rings. The average molecular weight is 284 g/mol. The monoisotopic (exact) mass is 284 g/mol. The lowest BCUT2D eigenvalue weighted by molar-refractivity contribution is -0.136. The van der Waals surface area contributed by atoms with Crippen LogP contribution in [0.25, 0.3) is 0 Å². The Morgan fingerprint density at radius 1 is 0.952 bits per heavy atom. The summed E-state index contributed by atoms with van der Waals surface area (Å²) in [6, 6.07) is 15.3. The van der Waals surface area contributed by atoms with Crippen LogP contribution in [0.5, 0.6) is 5.75 Å². The van der Waals surface area contributed by atoms with Crippen molar-refractivity contribution in [3.63, 3.8) is 0 Å². The molecule has 0 bridgehead atoms. The minimum Gasteiger partial charge on any atom is -0.506 e. The van der Waals surface area contributed by atoms with E-state index in [-0.39, 0.29) is 17.5 Å². The molecule has 108 valence electrons. The van der Waals surface area contributed by atoms with E-state index in [2.05, 4.69) is 10.6 Å². The van der Waals surface area contributed by atoms with Gasteiger partial charge in [0.15, 0.2) is 0 Å². The number of carbonyl (C=O) groups is 2. The second-order valence-corrected chi connectivity index (χ2v) is 4.58. The van der Waals surface area contributed by atoms with Gasteiger partial charge < -0.3 is 15.7 Å². The highest BCUT2D eigenvalue weighted by molar-refractivity contribution is 6.39. The van der Waals surface area contributed by atoms with Crippen molar-refractivity contribution in [2.45, 2.75) is 13.0 Å². The second-order valence-electron chi connectivity index (χ2n) is 4.58. The van der Waals surface area contributed by atoms with E-state index in [9.17, 15) is 14.7 Å². The summed E-state index contributed by atoms with van der Waals surface area (Å²) in [5.74, 6) is -1.66. The van der Waals surface area contributed by atoms with Crippen molar-refractivity contribution in [3.8, 4) is 5.75 Å². The van der Waals surface area contributed by atoms with Crippen molar-refractivity contribution in [2.24, 2.45) is 0 Å². The van der Waals surface area contributed by atoms with Crippen LogP contribution in [0.1, 0.15) is 18.5 Å². The summed E-state index contributed by atoms with van der Waals surface area (Å²) in [6.07, 6.45) is 0. The predicted molar refractivity (Wildman–Crippen MR) is 79.7 cm³/mol. The molecule has 1 unspecified atom stereocenters. The zero-order chi connectivity index (χ0) is 15.2. The molecule has 0 fully saturated rings. The Bertz CT molecular complexity index is 641. The van der Waals surface area contributed by atoms with Crippen molar-refractivity contribution in [2.75, 3.05) is 5.32 Å². The highest BCUT2D eigenvalue weighted by Gasteiger charge is 2.17. The van der Waals surface area contributed by atoms with Crippen molar-refractivity contribution in [3.05, 3.63) is 60.2 Å². The highest BCUT2D eigenvalue weighted by atomic mass is 16.3. The summed E-state index contributed by atoms with van der Waals surface area (Å²) in [4.78, 5) is 23.6. The summed E-state index contributed by atoms with van der Waals surface area (Å²) in [5.41, 5.74) is 1.10. The summed E-state index contributed by atoms with van der Waals surface area (Å²) in [7, 11) is 0. The van der Waals surface area contributed by atoms with Gasteiger partial charge in [-0.2, -0.15) is 0 Å². The summed E-state index contributed by atoms with van der Waals surface area (Å²) in [6.45, 7) is 1.79. The van der Waals surface area contributed by atoms with Gasteiger partial charge in [0, 0.05) is 0 Å². The van der Waals surface area contributed by atoms with E-state index >= 15 is 0 Å². The number of para-hydroxylation sites is 2. The molecular formula is C16H16N2O3. The molecule has 0 aliphatic heterocycles. The fourth-order valence-electron chi connectivity index (χ4n) is 1.85. The van der Waals surface area contributed by atoms with Crippen LogP contribution >= 0.6 is 0 Å². The van der Waals surface area contributed by atoms with Gasteiger partial charge in [-0.15, -0.1) is 0 Å². The number of amides is 2. The van der Waals surface area contributed by atoms with Crippen LogP contribution in [0.2, 0.25) is 0 Å². The first kappa shape index (κ1) is 14.6. The van der Waals surface area contributed by atoms with Gasteiger partial charge in [-0.3, -0.25) is 9.59 Å². The molecule has 5 nitrogen and oxygen atoms in total. The van der Waals surface area contributed by atoms with E-state index in [0.717, 1.165) is 5.56 Å². The van der Waals surface area contributed by atoms with Crippen LogP contribution in [0.3, 0.4) is 0 Å². The molecule has 2 aromatic rings. The Labute approximate surface area is 122 Å². The molecule has 1 atom stereocenters. The Balaban J connectivity index is 1.97. The third kappa shape index (κ3) is 3.82. The number of phenolic OH excluding ortho intramolecular Hbond substituents is 1. The van der Waals surface area contributed by atoms with Crippen molar-refractivity contribution in [1.29, 1.82) is 0 Å². The number of nitrogens with one attached hydrogen (secondary N) is 2. The maximum Gasteiger partial charge on any atom is 0.313 e. The number of carbonyl (C=O) groups excluding carboxylic acids is 2. The van der Waals surface area contributed by atoms with Crippen LogP contribution in [-0.4, -0.2) is 16.9 Å². The summed E-state index contributed by atoms with van der Waals surface area (Å²) < 4.78 is 0. The maximum atomic E-state index is 11.8. The van der Waals surface area contributed by atoms with E-state index in [4.69, 9.17) is 0 Å². The first-order valence-electron chi connectivity index (χ1n) is 6.52. The quantitative estimate of drug-likeness (QED) is 0.597. The number of phenols is 1. The number of aromatic hydroxyl groups is 1. The first-order valence-corrected chi connectivity index (χ1v) is 6.52. The van der Waals surface area contributed by atoms with Crippen LogP contribution in [0, 0.1) is 0 Å². The fourth-order valence-corrected chi connectivity index (χ4v) is 1.85. The molecule has 21 heavy (non-hydrogen) atoms. The third-order valence-corrected chi connectivity index (χ3v) is 3.01. The average Bonchev–Trinajstić information content (AvgIpc) is 2.50. The largest absolute Gasteiger partial charge is 0.506 e. The van der Waals surface area contributed by atoms with Gasteiger partial charge in [-0.25, -0.2) is 0 Å². The highest BCUT2D eigenvalue weighted by Crippen LogP contribution is 2.21. The lowest BCUT2D eigenvalue weighted by Crippen LogP contribution is -2.36. The number of hydrogen-bond acceptors (Lipinski definition) is 3.